The van der Waals surface area contributed by atoms with Gasteiger partial charge >= 0.3 is 0 Å². The van der Waals surface area contributed by atoms with E-state index in [0.717, 1.165) is 61.6 Å². The zero-order valence-electron chi connectivity index (χ0n) is 34.0. The van der Waals surface area contributed by atoms with Crippen LogP contribution in [0.25, 0.3) is 27.8 Å². The van der Waals surface area contributed by atoms with Crippen LogP contribution in [0.1, 0.15) is 58.4 Å². The molecular formula is C41H51F2N13O2S. The predicted octanol–water partition coefficient (Wildman–Crippen LogP) is 7.12. The van der Waals surface area contributed by atoms with Gasteiger partial charge in [-0.15, -0.1) is 5.10 Å². The summed E-state index contributed by atoms with van der Waals surface area (Å²) in [5, 5.41) is 25.3. The minimum Gasteiger partial charge on any atom is -0.485 e. The van der Waals surface area contributed by atoms with E-state index >= 15 is 8.78 Å². The third-order valence-corrected chi connectivity index (χ3v) is 11.4. The number of H-pyrrole nitrogens is 1. The lowest BCUT2D eigenvalue weighted by Crippen LogP contribution is -2.38. The number of hydrogen-bond acceptors (Lipinski definition) is 12. The quantitative estimate of drug-likeness (QED) is 0.0373. The largest absolute Gasteiger partial charge is 0.485 e. The zero-order valence-corrected chi connectivity index (χ0v) is 34.8. The molecule has 1 saturated heterocycles. The first kappa shape index (κ1) is 41.6. The second-order valence-corrected chi connectivity index (χ2v) is 16.4. The summed E-state index contributed by atoms with van der Waals surface area (Å²) in [6.45, 7) is 16.9. The Balaban J connectivity index is 0.920. The molecule has 1 fully saturated rings. The van der Waals surface area contributed by atoms with Crippen LogP contribution in [0.15, 0.2) is 66.2 Å². The van der Waals surface area contributed by atoms with E-state index in [1.165, 1.54) is 22.5 Å². The zero-order chi connectivity index (χ0) is 41.6. The van der Waals surface area contributed by atoms with Crippen molar-refractivity contribution in [3.63, 3.8) is 0 Å². The molecule has 0 radical (unpaired) electrons. The van der Waals surface area contributed by atoms with E-state index in [9.17, 15) is 4.79 Å². The Hall–Kier alpha value is -5.59. The Morgan fingerprint density at radius 3 is 2.69 bits per heavy atom. The Bertz CT molecular complexity index is 2390. The van der Waals surface area contributed by atoms with Crippen molar-refractivity contribution in [3.05, 3.63) is 78.5 Å². The molecule has 0 spiro atoms. The van der Waals surface area contributed by atoms with Gasteiger partial charge in [-0.3, -0.25) is 14.6 Å². The van der Waals surface area contributed by atoms with Crippen molar-refractivity contribution in [3.8, 4) is 17.0 Å². The number of halogens is 2. The number of carbonyl (C=O) groups is 1. The van der Waals surface area contributed by atoms with Crippen LogP contribution in [0.5, 0.6) is 5.75 Å². The number of aromatic amines is 1. The van der Waals surface area contributed by atoms with Crippen LogP contribution >= 0.6 is 11.9 Å². The minimum absolute atomic E-state index is 0.120. The molecule has 4 N–H and O–H groups in total. The number of fused-ring (bicyclic) bond motifs is 2. The van der Waals surface area contributed by atoms with E-state index in [1.807, 2.05) is 32.0 Å². The van der Waals surface area contributed by atoms with Crippen molar-refractivity contribution in [1.29, 1.82) is 0 Å². The fourth-order valence-electron chi connectivity index (χ4n) is 7.51. The van der Waals surface area contributed by atoms with E-state index in [4.69, 9.17) is 4.74 Å². The Morgan fingerprint density at radius 2 is 1.98 bits per heavy atom. The topological polar surface area (TPSA) is 158 Å². The van der Waals surface area contributed by atoms with Crippen LogP contribution in [0.3, 0.4) is 0 Å². The van der Waals surface area contributed by atoms with Gasteiger partial charge in [0, 0.05) is 67.4 Å². The van der Waals surface area contributed by atoms with Crippen LogP contribution in [0, 0.1) is 17.6 Å². The molecular weight excluding hydrogens is 777 g/mol. The first-order chi connectivity index (χ1) is 28.5. The van der Waals surface area contributed by atoms with Crippen molar-refractivity contribution in [2.45, 2.75) is 63.9 Å². The van der Waals surface area contributed by atoms with Gasteiger partial charge in [-0.2, -0.15) is 19.7 Å². The summed E-state index contributed by atoms with van der Waals surface area (Å²) in [4.78, 5) is 23.0. The van der Waals surface area contributed by atoms with Gasteiger partial charge in [0.1, 0.15) is 23.4 Å². The summed E-state index contributed by atoms with van der Waals surface area (Å²) in [7, 11) is 1.75. The number of aromatic nitrogens is 8. The van der Waals surface area contributed by atoms with Crippen LogP contribution in [0.4, 0.5) is 26.2 Å². The lowest BCUT2D eigenvalue weighted by molar-refractivity contribution is -0.109. The van der Waals surface area contributed by atoms with Gasteiger partial charge in [-0.25, -0.2) is 18.1 Å². The van der Waals surface area contributed by atoms with E-state index in [-0.39, 0.29) is 29.5 Å². The number of nitrogens with one attached hydrogen (secondary N) is 4. The van der Waals surface area contributed by atoms with E-state index in [2.05, 4.69) is 75.9 Å². The lowest BCUT2D eigenvalue weighted by atomic mass is 9.88. The summed E-state index contributed by atoms with van der Waals surface area (Å²) < 4.78 is 43.0. The van der Waals surface area contributed by atoms with Crippen molar-refractivity contribution in [2.75, 3.05) is 49.9 Å². The molecule has 7 rings (SSSR count). The first-order valence-electron chi connectivity index (χ1n) is 19.9. The predicted molar refractivity (Wildman–Crippen MR) is 227 cm³/mol. The maximum absolute atomic E-state index is 16.0. The number of carbonyl (C=O) groups excluding carboxylic acids is 1. The molecule has 312 valence electrons. The summed E-state index contributed by atoms with van der Waals surface area (Å²) in [6, 6.07) is 8.96. The molecule has 4 aromatic heterocycles. The number of ether oxygens (including phenoxy) is 1. The molecule has 5 heterocycles. The van der Waals surface area contributed by atoms with Crippen molar-refractivity contribution in [1.82, 2.24) is 54.1 Å². The smallest absolute Gasteiger partial charge is 0.247 e. The molecule has 1 atom stereocenters. The molecule has 6 aromatic rings. The Labute approximate surface area is 346 Å². The monoisotopic (exact) mass is 827 g/mol. The summed E-state index contributed by atoms with van der Waals surface area (Å²) >= 11 is 1.54. The van der Waals surface area contributed by atoms with Crippen LogP contribution < -0.4 is 20.7 Å². The van der Waals surface area contributed by atoms with E-state index < -0.39 is 5.82 Å². The van der Waals surface area contributed by atoms with Gasteiger partial charge < -0.3 is 25.6 Å². The highest BCUT2D eigenvalue weighted by Crippen LogP contribution is 2.36. The number of hydrogen-bond donors (Lipinski definition) is 4. The molecule has 0 aliphatic carbocycles. The molecule has 1 aliphatic heterocycles. The van der Waals surface area contributed by atoms with Gasteiger partial charge in [0.25, 0.3) is 0 Å². The molecule has 1 amide bonds. The maximum atomic E-state index is 16.0. The van der Waals surface area contributed by atoms with Crippen LogP contribution in [-0.4, -0.2) is 101 Å². The first-order valence-corrected chi connectivity index (χ1v) is 20.7. The standard InChI is InChI=1S/C41H51F2N13O2S/c1-7-55(59-30-8-11-34(33(42)18-30)49-41-50-40-38(58-25(2)3)36(29-19-46-47-20-29)45-23-56(40)52-41)22-26(4)21-54-16-13-28(14-17-54)31-9-10-32-37(35(31)43)53(6)51-39(32)48-27(5)12-15-44-24-57/h8-11,18-20,23-26,28H,5,7,12-17,21-22H2,1-4,6H3,(H,44,57)(H,46,47)(H,48,51)(H,49,52). The van der Waals surface area contributed by atoms with Gasteiger partial charge in [0.2, 0.25) is 18.0 Å². The van der Waals surface area contributed by atoms with Crippen LogP contribution in [0.2, 0.25) is 0 Å². The number of aryl methyl sites for hydroxylation is 1. The van der Waals surface area contributed by atoms with Gasteiger partial charge in [0.15, 0.2) is 17.4 Å². The minimum atomic E-state index is -0.418. The second kappa shape index (κ2) is 18.6. The second-order valence-electron chi connectivity index (χ2n) is 15.2. The SMILES string of the molecule is C=C(CCNC=O)Nc1nn(C)c2c(F)c(C3CCN(CC(C)CN(CC)Sc4ccc(Nc5nc6c(OC(C)C)c(-c7cn[nH]c7)ncn6n5)c(F)c4)CC3)ccc12. The normalized spacial score (nSPS) is 14.4. The van der Waals surface area contributed by atoms with E-state index in [1.54, 1.807) is 36.5 Å². The van der Waals surface area contributed by atoms with Gasteiger partial charge in [0.05, 0.1) is 18.0 Å². The third-order valence-electron chi connectivity index (χ3n) is 10.3. The number of amides is 1. The molecule has 2 aromatic carbocycles. The van der Waals surface area contributed by atoms with Gasteiger partial charge in [-0.1, -0.05) is 26.5 Å². The number of benzene rings is 2. The summed E-state index contributed by atoms with van der Waals surface area (Å²) in [5.41, 5.74) is 3.91. The average molecular weight is 828 g/mol. The Morgan fingerprint density at radius 1 is 1.17 bits per heavy atom. The van der Waals surface area contributed by atoms with Crippen LogP contribution in [-0.2, 0) is 11.8 Å². The summed E-state index contributed by atoms with van der Waals surface area (Å²) in [5.74, 6) is 1.05. The van der Waals surface area contributed by atoms with Crippen molar-refractivity contribution in [2.24, 2.45) is 13.0 Å². The lowest BCUT2D eigenvalue weighted by Gasteiger charge is -2.35. The van der Waals surface area contributed by atoms with Crippen molar-refractivity contribution >= 4 is 52.4 Å². The number of rotatable bonds is 19. The molecule has 0 bridgehead atoms. The average Bonchev–Trinajstić information content (AvgIpc) is 3.96. The highest BCUT2D eigenvalue weighted by atomic mass is 32.2. The van der Waals surface area contributed by atoms with Crippen molar-refractivity contribution < 1.29 is 18.3 Å². The fourth-order valence-corrected chi connectivity index (χ4v) is 8.55. The third kappa shape index (κ3) is 9.66. The molecule has 18 heteroatoms. The highest BCUT2D eigenvalue weighted by molar-refractivity contribution is 7.97. The Kier molecular flexibility index (Phi) is 13.1. The molecule has 0 saturated carbocycles. The van der Waals surface area contributed by atoms with E-state index in [0.29, 0.717) is 64.8 Å². The number of piperidine rings is 1. The summed E-state index contributed by atoms with van der Waals surface area (Å²) in [6.07, 6.45) is 7.70. The number of likely N-dealkylation sites (tertiary alicyclic amines) is 1. The highest BCUT2D eigenvalue weighted by Gasteiger charge is 2.27. The van der Waals surface area contributed by atoms with Gasteiger partial charge in [-0.05, 0) is 93.4 Å². The molecule has 15 nitrogen and oxygen atoms in total. The molecule has 1 unspecified atom stereocenters. The number of anilines is 3. The molecule has 59 heavy (non-hydrogen) atoms. The molecule has 1 aliphatic rings. The number of nitrogens with zero attached hydrogens (tertiary/aromatic N) is 9. The maximum Gasteiger partial charge on any atom is 0.247 e. The fraction of sp³-hybridized carbons (Fsp3) is 0.415.